The predicted octanol–water partition coefficient (Wildman–Crippen LogP) is 6.08. The number of carbonyl (C=O) groups excluding carboxylic acids is 1. The molecular weight excluding hydrogens is 394 g/mol. The Balaban J connectivity index is 2.08. The number of carbonyl (C=O) groups is 2. The van der Waals surface area contributed by atoms with E-state index < -0.39 is 17.2 Å². The molecule has 1 amide bonds. The van der Waals surface area contributed by atoms with Crippen LogP contribution in [-0.2, 0) is 14.3 Å². The molecular formula is C25H45NO5. The van der Waals surface area contributed by atoms with Gasteiger partial charge >= 0.3 is 12.1 Å². The lowest BCUT2D eigenvalue weighted by atomic mass is 9.80. The zero-order valence-electron chi connectivity index (χ0n) is 20.8. The van der Waals surface area contributed by atoms with Gasteiger partial charge in [0.15, 0.2) is 0 Å². The number of esters is 1. The van der Waals surface area contributed by atoms with Crippen LogP contribution in [-0.4, -0.2) is 46.5 Å². The van der Waals surface area contributed by atoms with Crippen LogP contribution in [0.4, 0.5) is 4.79 Å². The third kappa shape index (κ3) is 7.65. The first kappa shape index (κ1) is 26.0. The molecule has 2 aliphatic rings. The molecule has 1 unspecified atom stereocenters. The molecule has 1 heterocycles. The van der Waals surface area contributed by atoms with Crippen LogP contribution < -0.4 is 0 Å². The van der Waals surface area contributed by atoms with Gasteiger partial charge in [-0.1, -0.05) is 46.0 Å². The molecule has 0 bridgehead atoms. The Morgan fingerprint density at radius 3 is 2.23 bits per heavy atom. The summed E-state index contributed by atoms with van der Waals surface area (Å²) in [6.45, 7) is 14.1. The maximum atomic E-state index is 12.7. The van der Waals surface area contributed by atoms with Crippen LogP contribution in [0, 0.1) is 23.2 Å². The molecule has 0 aromatic rings. The molecule has 1 saturated carbocycles. The third-order valence-electron chi connectivity index (χ3n) is 7.00. The molecule has 0 aromatic heterocycles. The van der Waals surface area contributed by atoms with Crippen LogP contribution in [0.2, 0.25) is 0 Å². The molecule has 0 radical (unpaired) electrons. The van der Waals surface area contributed by atoms with Crippen LogP contribution in [0.5, 0.6) is 0 Å². The molecule has 1 aliphatic carbocycles. The highest BCUT2D eigenvalue weighted by Gasteiger charge is 2.43. The van der Waals surface area contributed by atoms with Gasteiger partial charge < -0.3 is 14.6 Å². The Labute approximate surface area is 189 Å². The van der Waals surface area contributed by atoms with Crippen LogP contribution >= 0.6 is 0 Å². The van der Waals surface area contributed by atoms with Gasteiger partial charge in [-0.15, -0.1) is 0 Å². The molecule has 0 spiro atoms. The van der Waals surface area contributed by atoms with E-state index in [0.717, 1.165) is 19.3 Å². The third-order valence-corrected chi connectivity index (χ3v) is 7.00. The van der Waals surface area contributed by atoms with Crippen molar-refractivity contribution < 1.29 is 24.2 Å². The second-order valence-electron chi connectivity index (χ2n) is 11.6. The summed E-state index contributed by atoms with van der Waals surface area (Å²) in [5, 5.41) is 9.50. The number of nitrogens with zero attached hydrogens (tertiary/aromatic N) is 1. The molecule has 3 atom stereocenters. The van der Waals surface area contributed by atoms with Gasteiger partial charge in [-0.3, -0.25) is 9.69 Å². The Morgan fingerprint density at radius 2 is 1.74 bits per heavy atom. The first-order valence-corrected chi connectivity index (χ1v) is 12.2. The summed E-state index contributed by atoms with van der Waals surface area (Å²) >= 11 is 0. The van der Waals surface area contributed by atoms with E-state index in [1.54, 1.807) is 0 Å². The molecule has 2 fully saturated rings. The number of ether oxygens (including phenoxy) is 2. The number of carboxylic acid groups (broad SMARTS) is 1. The molecule has 1 aliphatic heterocycles. The van der Waals surface area contributed by atoms with E-state index >= 15 is 0 Å². The van der Waals surface area contributed by atoms with E-state index in [-0.39, 0.29) is 18.2 Å². The van der Waals surface area contributed by atoms with Gasteiger partial charge in [0.05, 0.1) is 18.1 Å². The summed E-state index contributed by atoms with van der Waals surface area (Å²) in [4.78, 5) is 25.7. The molecule has 31 heavy (non-hydrogen) atoms. The van der Waals surface area contributed by atoms with E-state index in [1.807, 2.05) is 34.6 Å². The molecule has 1 saturated heterocycles. The summed E-state index contributed by atoms with van der Waals surface area (Å²) in [5.41, 5.74) is -1.32. The Hall–Kier alpha value is -1.30. The fourth-order valence-electron chi connectivity index (χ4n) is 4.99. The van der Waals surface area contributed by atoms with Gasteiger partial charge in [-0.25, -0.2) is 4.79 Å². The Kier molecular flexibility index (Phi) is 8.83. The van der Waals surface area contributed by atoms with Gasteiger partial charge in [0.25, 0.3) is 0 Å². The van der Waals surface area contributed by atoms with Crippen molar-refractivity contribution >= 4 is 12.1 Å². The SMILES string of the molecule is CC(C)C(C[C@H](CC1CCCCC1)OC(=O)C(C)(C)C)C[C@H]1CN(C(=O)O)C(C)(C)O1. The Morgan fingerprint density at radius 1 is 1.13 bits per heavy atom. The molecule has 1 N–H and O–H groups in total. The number of hydrogen-bond donors (Lipinski definition) is 1. The van der Waals surface area contributed by atoms with E-state index in [9.17, 15) is 14.7 Å². The summed E-state index contributed by atoms with van der Waals surface area (Å²) in [7, 11) is 0. The van der Waals surface area contributed by atoms with Gasteiger partial charge in [0.2, 0.25) is 0 Å². The topological polar surface area (TPSA) is 76.1 Å². The van der Waals surface area contributed by atoms with Crippen molar-refractivity contribution in [3.05, 3.63) is 0 Å². The number of amides is 1. The van der Waals surface area contributed by atoms with Crippen molar-refractivity contribution in [2.45, 2.75) is 118 Å². The normalized spacial score (nSPS) is 24.3. The first-order chi connectivity index (χ1) is 14.3. The molecule has 180 valence electrons. The lowest BCUT2D eigenvalue weighted by molar-refractivity contribution is -0.161. The lowest BCUT2D eigenvalue weighted by Crippen LogP contribution is -2.42. The minimum absolute atomic E-state index is 0.0905. The van der Waals surface area contributed by atoms with E-state index in [1.165, 1.54) is 37.0 Å². The quantitative estimate of drug-likeness (QED) is 0.464. The van der Waals surface area contributed by atoms with Crippen LogP contribution in [0.1, 0.15) is 99.8 Å². The maximum absolute atomic E-state index is 12.7. The number of hydrogen-bond acceptors (Lipinski definition) is 4. The highest BCUT2D eigenvalue weighted by Crippen LogP contribution is 2.36. The summed E-state index contributed by atoms with van der Waals surface area (Å²) in [5.74, 6) is 1.19. The minimum Gasteiger partial charge on any atom is -0.465 e. The maximum Gasteiger partial charge on any atom is 0.409 e. The van der Waals surface area contributed by atoms with Gasteiger partial charge in [0, 0.05) is 0 Å². The molecule has 2 rings (SSSR count). The monoisotopic (exact) mass is 439 g/mol. The van der Waals surface area contributed by atoms with Crippen LogP contribution in [0.3, 0.4) is 0 Å². The average Bonchev–Trinajstić information content (AvgIpc) is 2.95. The van der Waals surface area contributed by atoms with Crippen molar-refractivity contribution in [3.8, 4) is 0 Å². The van der Waals surface area contributed by atoms with Crippen LogP contribution in [0.15, 0.2) is 0 Å². The summed E-state index contributed by atoms with van der Waals surface area (Å²) in [6.07, 6.45) is 7.66. The summed E-state index contributed by atoms with van der Waals surface area (Å²) in [6, 6.07) is 0. The highest BCUT2D eigenvalue weighted by molar-refractivity contribution is 5.75. The predicted molar refractivity (Wildman–Crippen MR) is 122 cm³/mol. The van der Waals surface area contributed by atoms with E-state index in [4.69, 9.17) is 9.47 Å². The standard InChI is InChI=1S/C25H45NO5/c1-17(2)19(15-21-16-26(23(28)29)25(6,7)31-21)14-20(30-22(27)24(3,4)5)13-18-11-9-8-10-12-18/h17-21H,8-16H2,1-7H3,(H,28,29)/t19?,20-,21-/m0/s1. The first-order valence-electron chi connectivity index (χ1n) is 12.2. The number of rotatable bonds is 8. The fourth-order valence-corrected chi connectivity index (χ4v) is 4.99. The lowest BCUT2D eigenvalue weighted by Gasteiger charge is -2.33. The molecule has 6 heteroatoms. The largest absolute Gasteiger partial charge is 0.465 e. The van der Waals surface area contributed by atoms with Crippen molar-refractivity contribution in [1.82, 2.24) is 4.90 Å². The van der Waals surface area contributed by atoms with Crippen LogP contribution in [0.25, 0.3) is 0 Å². The summed E-state index contributed by atoms with van der Waals surface area (Å²) < 4.78 is 12.2. The average molecular weight is 440 g/mol. The Bertz CT molecular complexity index is 604. The van der Waals surface area contributed by atoms with Crippen molar-refractivity contribution in [3.63, 3.8) is 0 Å². The second-order valence-corrected chi connectivity index (χ2v) is 11.6. The molecule has 6 nitrogen and oxygen atoms in total. The molecule has 0 aromatic carbocycles. The fraction of sp³-hybridized carbons (Fsp3) is 0.920. The second kappa shape index (κ2) is 10.5. The van der Waals surface area contributed by atoms with Crippen molar-refractivity contribution in [2.75, 3.05) is 6.54 Å². The highest BCUT2D eigenvalue weighted by atomic mass is 16.6. The minimum atomic E-state index is -0.942. The van der Waals surface area contributed by atoms with Gasteiger partial charge in [-0.05, 0) is 71.6 Å². The van der Waals surface area contributed by atoms with Gasteiger partial charge in [0.1, 0.15) is 11.8 Å². The van der Waals surface area contributed by atoms with Crippen molar-refractivity contribution in [2.24, 2.45) is 23.2 Å². The van der Waals surface area contributed by atoms with Gasteiger partial charge in [-0.2, -0.15) is 0 Å². The van der Waals surface area contributed by atoms with Crippen molar-refractivity contribution in [1.29, 1.82) is 0 Å². The van der Waals surface area contributed by atoms with E-state index in [2.05, 4.69) is 13.8 Å². The zero-order valence-corrected chi connectivity index (χ0v) is 20.8. The smallest absolute Gasteiger partial charge is 0.409 e. The zero-order chi connectivity index (χ0) is 23.4. The van der Waals surface area contributed by atoms with E-state index in [0.29, 0.717) is 24.3 Å².